The first-order chi connectivity index (χ1) is 13.1. The molecule has 4 heterocycles. The van der Waals surface area contributed by atoms with E-state index in [0.29, 0.717) is 23.8 Å². The Balaban J connectivity index is 1.56. The first-order valence-corrected chi connectivity index (χ1v) is 9.88. The summed E-state index contributed by atoms with van der Waals surface area (Å²) in [5, 5.41) is 8.18. The van der Waals surface area contributed by atoms with Crippen LogP contribution in [0, 0.1) is 5.92 Å². The lowest BCUT2D eigenvalue weighted by atomic mass is 10.0. The number of amides is 1. The average molecular weight is 387 g/mol. The molecule has 9 heteroatoms. The highest BCUT2D eigenvalue weighted by molar-refractivity contribution is 7.20. The van der Waals surface area contributed by atoms with E-state index in [2.05, 4.69) is 27.2 Å². The summed E-state index contributed by atoms with van der Waals surface area (Å²) in [7, 11) is 0. The Labute approximate surface area is 159 Å². The lowest BCUT2D eigenvalue weighted by Gasteiger charge is -2.30. The molecule has 0 aliphatic carbocycles. The fourth-order valence-electron chi connectivity index (χ4n) is 3.30. The van der Waals surface area contributed by atoms with E-state index >= 15 is 0 Å². The number of carbonyl (C=O) groups excluding carboxylic acids is 1. The second-order valence-electron chi connectivity index (χ2n) is 6.84. The summed E-state index contributed by atoms with van der Waals surface area (Å²) in [4.78, 5) is 31.2. The van der Waals surface area contributed by atoms with Crippen molar-refractivity contribution in [3.63, 3.8) is 0 Å². The first-order valence-electron chi connectivity index (χ1n) is 9.06. The standard InChI is InChI=1S/C18H21N5O3S/c1-12-4-2-8-22(11-12)18-21-23-14(10-15(24)20-17(23)27-18)16(25)19-7-6-13-5-3-9-26-13/h3,5,9-10,12H,2,4,6-8,11H2,1H3,(H,19,25)/t12-/m1/s1. The molecule has 1 aliphatic rings. The number of carbonyl (C=O) groups is 1. The zero-order valence-electron chi connectivity index (χ0n) is 15.1. The van der Waals surface area contributed by atoms with E-state index in [4.69, 9.17) is 4.42 Å². The van der Waals surface area contributed by atoms with E-state index in [0.717, 1.165) is 30.4 Å². The topological polar surface area (TPSA) is 92.7 Å². The van der Waals surface area contributed by atoms with Gasteiger partial charge in [0.2, 0.25) is 10.1 Å². The van der Waals surface area contributed by atoms with Gasteiger partial charge in [0.05, 0.1) is 6.26 Å². The molecule has 0 radical (unpaired) electrons. The van der Waals surface area contributed by atoms with E-state index in [1.54, 1.807) is 12.3 Å². The summed E-state index contributed by atoms with van der Waals surface area (Å²) in [5.41, 5.74) is -0.231. The molecule has 1 aliphatic heterocycles. The maximum absolute atomic E-state index is 12.6. The van der Waals surface area contributed by atoms with Gasteiger partial charge in [-0.05, 0) is 30.9 Å². The minimum Gasteiger partial charge on any atom is -0.469 e. The normalized spacial score (nSPS) is 17.4. The quantitative estimate of drug-likeness (QED) is 0.719. The number of hydrogen-bond donors (Lipinski definition) is 1. The van der Waals surface area contributed by atoms with Crippen molar-refractivity contribution >= 4 is 27.3 Å². The number of rotatable bonds is 5. The van der Waals surface area contributed by atoms with Gasteiger partial charge in [-0.3, -0.25) is 9.59 Å². The van der Waals surface area contributed by atoms with E-state index in [9.17, 15) is 9.59 Å². The number of aromatic nitrogens is 3. The minimum atomic E-state index is -0.437. The molecule has 0 saturated carbocycles. The number of nitrogens with one attached hydrogen (secondary N) is 1. The van der Waals surface area contributed by atoms with Gasteiger partial charge in [-0.15, -0.1) is 5.10 Å². The number of hydrogen-bond acceptors (Lipinski definition) is 7. The van der Waals surface area contributed by atoms with Crippen LogP contribution in [0.4, 0.5) is 5.13 Å². The number of fused-ring (bicyclic) bond motifs is 1. The summed E-state index contributed by atoms with van der Waals surface area (Å²) in [6, 6.07) is 4.90. The van der Waals surface area contributed by atoms with Gasteiger partial charge in [-0.1, -0.05) is 18.3 Å². The molecule has 142 valence electrons. The molecule has 3 aromatic heterocycles. The lowest BCUT2D eigenvalue weighted by molar-refractivity contribution is 0.0946. The Morgan fingerprint density at radius 1 is 1.48 bits per heavy atom. The monoisotopic (exact) mass is 387 g/mol. The Hall–Kier alpha value is -2.68. The molecule has 0 aromatic carbocycles. The summed E-state index contributed by atoms with van der Waals surface area (Å²) in [6.07, 6.45) is 4.50. The number of piperidine rings is 1. The van der Waals surface area contributed by atoms with Gasteiger partial charge in [-0.25, -0.2) is 0 Å². The average Bonchev–Trinajstić information content (AvgIpc) is 3.30. The van der Waals surface area contributed by atoms with Crippen LogP contribution in [0.3, 0.4) is 0 Å². The van der Waals surface area contributed by atoms with Crippen molar-refractivity contribution in [2.45, 2.75) is 26.2 Å². The van der Waals surface area contributed by atoms with Crippen LogP contribution in [0.15, 0.2) is 33.7 Å². The zero-order chi connectivity index (χ0) is 18.8. The molecule has 8 nitrogen and oxygen atoms in total. The highest BCUT2D eigenvalue weighted by atomic mass is 32.1. The van der Waals surface area contributed by atoms with Gasteiger partial charge in [0.1, 0.15) is 11.5 Å². The van der Waals surface area contributed by atoms with Gasteiger partial charge in [0.15, 0.2) is 0 Å². The highest BCUT2D eigenvalue weighted by Crippen LogP contribution is 2.27. The molecule has 1 saturated heterocycles. The van der Waals surface area contributed by atoms with Crippen LogP contribution in [-0.4, -0.2) is 40.1 Å². The number of furan rings is 1. The van der Waals surface area contributed by atoms with Crippen LogP contribution >= 0.6 is 11.3 Å². The predicted molar refractivity (Wildman–Crippen MR) is 102 cm³/mol. The molecular weight excluding hydrogens is 366 g/mol. The molecule has 0 spiro atoms. The van der Waals surface area contributed by atoms with Crippen LogP contribution in [0.25, 0.3) is 4.96 Å². The number of nitrogens with zero attached hydrogens (tertiary/aromatic N) is 4. The van der Waals surface area contributed by atoms with Crippen molar-refractivity contribution < 1.29 is 9.21 Å². The number of anilines is 1. The fourth-order valence-corrected chi connectivity index (χ4v) is 4.24. The Kier molecular flexibility index (Phi) is 4.93. The summed E-state index contributed by atoms with van der Waals surface area (Å²) >= 11 is 1.35. The molecule has 1 N–H and O–H groups in total. The molecule has 1 atom stereocenters. The molecule has 1 fully saturated rings. The summed E-state index contributed by atoms with van der Waals surface area (Å²) in [5.74, 6) is 1.05. The van der Waals surface area contributed by atoms with Gasteiger partial charge in [0.25, 0.3) is 11.5 Å². The van der Waals surface area contributed by atoms with Crippen molar-refractivity contribution in [2.75, 3.05) is 24.5 Å². The molecular formula is C18H21N5O3S. The van der Waals surface area contributed by atoms with E-state index < -0.39 is 5.56 Å². The molecule has 0 unspecified atom stereocenters. The minimum absolute atomic E-state index is 0.206. The molecule has 0 bridgehead atoms. The van der Waals surface area contributed by atoms with Crippen LogP contribution in [0.1, 0.15) is 36.0 Å². The van der Waals surface area contributed by atoms with Crippen LogP contribution < -0.4 is 15.8 Å². The third-order valence-corrected chi connectivity index (χ3v) is 5.61. The van der Waals surface area contributed by atoms with Crippen LogP contribution in [-0.2, 0) is 6.42 Å². The predicted octanol–water partition coefficient (Wildman–Crippen LogP) is 1.95. The maximum Gasteiger partial charge on any atom is 0.274 e. The van der Waals surface area contributed by atoms with E-state index in [1.807, 2.05) is 6.07 Å². The summed E-state index contributed by atoms with van der Waals surface area (Å²) in [6.45, 7) is 4.49. The SMILES string of the molecule is C[C@@H]1CCCN(c2nn3c(C(=O)NCCc4ccco4)cc(=O)nc3s2)C1. The van der Waals surface area contributed by atoms with Crippen molar-refractivity contribution in [1.82, 2.24) is 19.9 Å². The van der Waals surface area contributed by atoms with Gasteiger partial charge in [-0.2, -0.15) is 9.50 Å². The Morgan fingerprint density at radius 3 is 3.15 bits per heavy atom. The largest absolute Gasteiger partial charge is 0.469 e. The molecule has 3 aromatic rings. The second kappa shape index (κ2) is 7.51. The second-order valence-corrected chi connectivity index (χ2v) is 7.77. The van der Waals surface area contributed by atoms with Gasteiger partial charge < -0.3 is 14.6 Å². The molecule has 27 heavy (non-hydrogen) atoms. The lowest BCUT2D eigenvalue weighted by Crippen LogP contribution is -2.34. The van der Waals surface area contributed by atoms with E-state index in [1.165, 1.54) is 28.3 Å². The highest BCUT2D eigenvalue weighted by Gasteiger charge is 2.22. The third kappa shape index (κ3) is 3.87. The van der Waals surface area contributed by atoms with E-state index in [-0.39, 0.29) is 11.6 Å². The van der Waals surface area contributed by atoms with Crippen molar-refractivity contribution in [3.05, 3.63) is 46.3 Å². The smallest absolute Gasteiger partial charge is 0.274 e. The van der Waals surface area contributed by atoms with Crippen molar-refractivity contribution in [3.8, 4) is 0 Å². The molecule has 1 amide bonds. The fraction of sp³-hybridized carbons (Fsp3) is 0.444. The Bertz CT molecular complexity index is 994. The van der Waals surface area contributed by atoms with Gasteiger partial charge in [0, 0.05) is 32.1 Å². The summed E-state index contributed by atoms with van der Waals surface area (Å²) < 4.78 is 6.73. The Morgan fingerprint density at radius 2 is 2.37 bits per heavy atom. The maximum atomic E-state index is 12.6. The van der Waals surface area contributed by atoms with Crippen molar-refractivity contribution in [2.24, 2.45) is 5.92 Å². The van der Waals surface area contributed by atoms with Crippen LogP contribution in [0.2, 0.25) is 0 Å². The zero-order valence-corrected chi connectivity index (χ0v) is 15.9. The van der Waals surface area contributed by atoms with Crippen LogP contribution in [0.5, 0.6) is 0 Å². The molecule has 4 rings (SSSR count). The first kappa shape index (κ1) is 17.7. The van der Waals surface area contributed by atoms with Gasteiger partial charge >= 0.3 is 0 Å². The van der Waals surface area contributed by atoms with Crippen molar-refractivity contribution in [1.29, 1.82) is 0 Å². The third-order valence-electron chi connectivity index (χ3n) is 4.64.